The van der Waals surface area contributed by atoms with Crippen LogP contribution in [-0.2, 0) is 21.4 Å². The first-order valence-electron chi connectivity index (χ1n) is 12.1. The predicted molar refractivity (Wildman–Crippen MR) is 127 cm³/mol. The first-order chi connectivity index (χ1) is 16.1. The summed E-state index contributed by atoms with van der Waals surface area (Å²) in [5.41, 5.74) is 2.40. The average Bonchev–Trinajstić information content (AvgIpc) is 3.09. The molecule has 4 nitrogen and oxygen atoms in total. The number of fused-ring (bicyclic) bond motifs is 1. The molecule has 5 rings (SSSR count). The zero-order valence-corrected chi connectivity index (χ0v) is 19.0. The Kier molecular flexibility index (Phi) is 6.41. The Labute approximate surface area is 194 Å². The second-order valence-corrected chi connectivity index (χ2v) is 9.53. The molecule has 1 aromatic heterocycles. The van der Waals surface area contributed by atoms with Gasteiger partial charge in [-0.05, 0) is 79.8 Å². The molecule has 0 radical (unpaired) electrons. The van der Waals surface area contributed by atoms with Gasteiger partial charge in [-0.2, -0.15) is 0 Å². The average molecular weight is 447 g/mol. The van der Waals surface area contributed by atoms with Crippen molar-refractivity contribution >= 4 is 16.8 Å². The number of para-hydroxylation sites is 1. The van der Waals surface area contributed by atoms with Gasteiger partial charge in [0.15, 0.2) is 0 Å². The molecule has 0 N–H and O–H groups in total. The topological polar surface area (TPSA) is 42.4 Å². The maximum Gasteiger partial charge on any atom is 0.233 e. The van der Waals surface area contributed by atoms with Gasteiger partial charge in [-0.15, -0.1) is 0 Å². The van der Waals surface area contributed by atoms with Gasteiger partial charge in [0.2, 0.25) is 5.91 Å². The van der Waals surface area contributed by atoms with Gasteiger partial charge in [0.25, 0.3) is 0 Å². The van der Waals surface area contributed by atoms with Crippen LogP contribution in [0.2, 0.25) is 0 Å². The second-order valence-electron chi connectivity index (χ2n) is 9.53. The van der Waals surface area contributed by atoms with Crippen molar-refractivity contribution in [3.05, 3.63) is 77.7 Å². The molecule has 1 amide bonds. The van der Waals surface area contributed by atoms with Crippen molar-refractivity contribution in [2.75, 3.05) is 26.3 Å². The summed E-state index contributed by atoms with van der Waals surface area (Å²) in [6.07, 6.45) is 7.28. The highest BCUT2D eigenvalue weighted by Gasteiger charge is 2.44. The van der Waals surface area contributed by atoms with E-state index in [2.05, 4.69) is 17.1 Å². The smallest absolute Gasteiger partial charge is 0.233 e. The van der Waals surface area contributed by atoms with Crippen LogP contribution in [0, 0.1) is 11.7 Å². The van der Waals surface area contributed by atoms with Crippen LogP contribution < -0.4 is 0 Å². The number of carbonyl (C=O) groups is 1. The molecule has 0 bridgehead atoms. The van der Waals surface area contributed by atoms with Gasteiger partial charge in [-0.3, -0.25) is 9.78 Å². The Morgan fingerprint density at radius 1 is 1.06 bits per heavy atom. The van der Waals surface area contributed by atoms with Crippen molar-refractivity contribution in [2.45, 2.75) is 43.9 Å². The van der Waals surface area contributed by atoms with Crippen LogP contribution in [0.15, 0.2) is 60.8 Å². The van der Waals surface area contributed by atoms with E-state index in [4.69, 9.17) is 4.74 Å². The molecular weight excluding hydrogens is 415 g/mol. The van der Waals surface area contributed by atoms with Crippen LogP contribution in [0.25, 0.3) is 10.9 Å². The van der Waals surface area contributed by atoms with Crippen molar-refractivity contribution in [3.8, 4) is 0 Å². The van der Waals surface area contributed by atoms with Crippen LogP contribution >= 0.6 is 0 Å². The Balaban J connectivity index is 1.30. The lowest BCUT2D eigenvalue weighted by atomic mass is 9.73. The van der Waals surface area contributed by atoms with Crippen molar-refractivity contribution in [2.24, 2.45) is 5.92 Å². The summed E-state index contributed by atoms with van der Waals surface area (Å²) in [5, 5.41) is 1.18. The van der Waals surface area contributed by atoms with E-state index in [0.717, 1.165) is 49.9 Å². The predicted octanol–water partition coefficient (Wildman–Crippen LogP) is 5.29. The van der Waals surface area contributed by atoms with Crippen LogP contribution in [-0.4, -0.2) is 42.1 Å². The van der Waals surface area contributed by atoms with E-state index >= 15 is 0 Å². The minimum atomic E-state index is -0.678. The molecule has 2 aliphatic heterocycles. The highest BCUT2D eigenvalue weighted by atomic mass is 19.1. The second kappa shape index (κ2) is 9.60. The number of aromatic nitrogens is 1. The van der Waals surface area contributed by atoms with Crippen LogP contribution in [0.1, 0.15) is 43.2 Å². The van der Waals surface area contributed by atoms with Gasteiger partial charge in [-0.1, -0.05) is 30.3 Å². The minimum absolute atomic E-state index is 0.143. The molecule has 2 saturated heterocycles. The highest BCUT2D eigenvalue weighted by Crippen LogP contribution is 2.38. The zero-order valence-electron chi connectivity index (χ0n) is 19.0. The van der Waals surface area contributed by atoms with Crippen LogP contribution in [0.3, 0.4) is 0 Å². The van der Waals surface area contributed by atoms with Gasteiger partial charge in [0.1, 0.15) is 5.82 Å². The van der Waals surface area contributed by atoms with Crippen molar-refractivity contribution in [1.82, 2.24) is 9.88 Å². The highest BCUT2D eigenvalue weighted by molar-refractivity contribution is 5.88. The fourth-order valence-corrected chi connectivity index (χ4v) is 5.57. The van der Waals surface area contributed by atoms with Crippen molar-refractivity contribution in [3.63, 3.8) is 0 Å². The zero-order chi connectivity index (χ0) is 22.7. The monoisotopic (exact) mass is 446 g/mol. The Bertz CT molecular complexity index is 1130. The van der Waals surface area contributed by atoms with E-state index in [1.807, 2.05) is 35.4 Å². The first-order valence-corrected chi connectivity index (χ1v) is 12.1. The number of rotatable bonds is 4. The molecule has 1 unspecified atom stereocenters. The number of nitrogens with zero attached hydrogens (tertiary/aromatic N) is 2. The number of halogens is 1. The molecule has 3 heterocycles. The minimum Gasteiger partial charge on any atom is -0.381 e. The van der Waals surface area contributed by atoms with Crippen LogP contribution in [0.4, 0.5) is 4.39 Å². The van der Waals surface area contributed by atoms with Gasteiger partial charge in [0.05, 0.1) is 10.9 Å². The molecular formula is C28H31FN2O2. The van der Waals surface area contributed by atoms with E-state index in [9.17, 15) is 9.18 Å². The Morgan fingerprint density at radius 2 is 1.91 bits per heavy atom. The fraction of sp³-hybridized carbons (Fsp3) is 0.429. The van der Waals surface area contributed by atoms with E-state index in [0.29, 0.717) is 32.0 Å². The van der Waals surface area contributed by atoms with Crippen molar-refractivity contribution in [1.29, 1.82) is 0 Å². The molecule has 172 valence electrons. The number of ether oxygens (including phenoxy) is 1. The summed E-state index contributed by atoms with van der Waals surface area (Å²) >= 11 is 0. The quantitative estimate of drug-likeness (QED) is 0.547. The maximum atomic E-state index is 14.1. The summed E-state index contributed by atoms with van der Waals surface area (Å²) in [4.78, 5) is 20.5. The third-order valence-electron chi connectivity index (χ3n) is 7.44. The molecule has 5 heteroatoms. The van der Waals surface area contributed by atoms with Crippen molar-refractivity contribution < 1.29 is 13.9 Å². The van der Waals surface area contributed by atoms with E-state index in [-0.39, 0.29) is 11.7 Å². The number of hydrogen-bond acceptors (Lipinski definition) is 3. The fourth-order valence-electron chi connectivity index (χ4n) is 5.57. The number of pyridine rings is 1. The lowest BCUT2D eigenvalue weighted by molar-refractivity contribution is -0.141. The maximum absolute atomic E-state index is 14.1. The Morgan fingerprint density at radius 3 is 2.76 bits per heavy atom. The number of amides is 1. The molecule has 1 atom stereocenters. The van der Waals surface area contributed by atoms with Gasteiger partial charge < -0.3 is 9.64 Å². The molecule has 0 aliphatic carbocycles. The van der Waals surface area contributed by atoms with Gasteiger partial charge >= 0.3 is 0 Å². The van der Waals surface area contributed by atoms with E-state index in [1.54, 1.807) is 6.07 Å². The molecule has 0 spiro atoms. The SMILES string of the molecule is O=C(N1CCCC(Cc2cnc3ccccc3c2)CC1)C1(c2cccc(F)c2)CCOCC1. The van der Waals surface area contributed by atoms with E-state index in [1.165, 1.54) is 23.1 Å². The summed E-state index contributed by atoms with van der Waals surface area (Å²) in [7, 11) is 0. The Hall–Kier alpha value is -2.79. The van der Waals surface area contributed by atoms with Gasteiger partial charge in [0, 0.05) is 37.9 Å². The standard InChI is InChI=1S/C28H31FN2O2/c29-25-8-3-7-24(19-25)28(11-15-33-16-12-28)27(32)31-13-4-5-21(10-14-31)17-22-18-23-6-1-2-9-26(23)30-20-22/h1-3,6-9,18-21H,4-5,10-17H2. The molecule has 2 fully saturated rings. The molecule has 2 aliphatic rings. The van der Waals surface area contributed by atoms with Gasteiger partial charge in [-0.25, -0.2) is 4.39 Å². The lowest BCUT2D eigenvalue weighted by Crippen LogP contribution is -2.50. The molecule has 2 aromatic carbocycles. The first kappa shape index (κ1) is 22.0. The third kappa shape index (κ3) is 4.65. The summed E-state index contributed by atoms with van der Waals surface area (Å²) in [6, 6.07) is 17.1. The summed E-state index contributed by atoms with van der Waals surface area (Å²) in [5.74, 6) is 0.390. The summed E-state index contributed by atoms with van der Waals surface area (Å²) in [6.45, 7) is 2.59. The summed E-state index contributed by atoms with van der Waals surface area (Å²) < 4.78 is 19.6. The van der Waals surface area contributed by atoms with Crippen LogP contribution in [0.5, 0.6) is 0 Å². The number of likely N-dealkylation sites (tertiary alicyclic amines) is 1. The number of carbonyl (C=O) groups excluding carboxylic acids is 1. The molecule has 33 heavy (non-hydrogen) atoms. The molecule has 3 aromatic rings. The third-order valence-corrected chi connectivity index (χ3v) is 7.44. The largest absolute Gasteiger partial charge is 0.381 e. The number of hydrogen-bond donors (Lipinski definition) is 0. The normalized spacial score (nSPS) is 21.0. The van der Waals surface area contributed by atoms with E-state index < -0.39 is 5.41 Å². The number of benzene rings is 2. The lowest BCUT2D eigenvalue weighted by Gasteiger charge is -2.40. The molecule has 0 saturated carbocycles.